The molecule has 108 valence electrons. The molecule has 0 radical (unpaired) electrons. The van der Waals surface area contributed by atoms with E-state index in [0.29, 0.717) is 11.7 Å². The third-order valence-corrected chi connectivity index (χ3v) is 3.74. The standard InChI is InChI=1S/C16H22ClN3/c1-3-4-10-15-19-14(16(17)20-15)11-18-12(2)13-8-6-5-7-9-13/h5-9,12,18H,3-4,10-11H2,1-2H3,(H,19,20). The van der Waals surface area contributed by atoms with Crippen molar-refractivity contribution in [1.82, 2.24) is 15.3 Å². The number of hydrogen-bond acceptors (Lipinski definition) is 2. The minimum Gasteiger partial charge on any atom is -0.344 e. The van der Waals surface area contributed by atoms with E-state index in [-0.39, 0.29) is 6.04 Å². The number of benzene rings is 1. The Hall–Kier alpha value is -1.32. The van der Waals surface area contributed by atoms with E-state index in [4.69, 9.17) is 11.6 Å². The number of nitrogens with one attached hydrogen (secondary N) is 2. The summed E-state index contributed by atoms with van der Waals surface area (Å²) >= 11 is 6.17. The number of halogens is 1. The Labute approximate surface area is 125 Å². The van der Waals surface area contributed by atoms with Crippen LogP contribution < -0.4 is 5.32 Å². The van der Waals surface area contributed by atoms with Gasteiger partial charge in [0.25, 0.3) is 0 Å². The summed E-state index contributed by atoms with van der Waals surface area (Å²) < 4.78 is 0. The minimum atomic E-state index is 0.287. The van der Waals surface area contributed by atoms with Crippen LogP contribution >= 0.6 is 11.6 Å². The Kier molecular flexibility index (Phi) is 5.62. The lowest BCUT2D eigenvalue weighted by molar-refractivity contribution is 0.568. The zero-order chi connectivity index (χ0) is 14.4. The molecule has 3 nitrogen and oxygen atoms in total. The number of aryl methyl sites for hydroxylation is 1. The number of H-pyrrole nitrogens is 1. The van der Waals surface area contributed by atoms with Crippen LogP contribution in [0, 0.1) is 0 Å². The van der Waals surface area contributed by atoms with E-state index in [2.05, 4.69) is 53.4 Å². The van der Waals surface area contributed by atoms with E-state index >= 15 is 0 Å². The largest absolute Gasteiger partial charge is 0.344 e. The molecular formula is C16H22ClN3. The van der Waals surface area contributed by atoms with Gasteiger partial charge in [0.15, 0.2) is 5.15 Å². The molecule has 2 aromatic rings. The van der Waals surface area contributed by atoms with Crippen LogP contribution in [0.3, 0.4) is 0 Å². The van der Waals surface area contributed by atoms with Gasteiger partial charge in [0, 0.05) is 19.0 Å². The number of aromatic nitrogens is 2. The number of nitrogens with zero attached hydrogens (tertiary/aromatic N) is 1. The molecule has 0 fully saturated rings. The van der Waals surface area contributed by atoms with E-state index in [1.165, 1.54) is 5.56 Å². The first-order valence-corrected chi connectivity index (χ1v) is 7.60. The van der Waals surface area contributed by atoms with Crippen molar-refractivity contribution < 1.29 is 0 Å². The van der Waals surface area contributed by atoms with Gasteiger partial charge in [-0.15, -0.1) is 0 Å². The molecule has 1 aromatic heterocycles. The van der Waals surface area contributed by atoms with Crippen LogP contribution in [-0.2, 0) is 13.0 Å². The molecule has 0 bridgehead atoms. The van der Waals surface area contributed by atoms with Gasteiger partial charge in [-0.1, -0.05) is 55.3 Å². The molecule has 0 amide bonds. The first-order valence-electron chi connectivity index (χ1n) is 7.22. The average Bonchev–Trinajstić information content (AvgIpc) is 2.83. The second-order valence-electron chi connectivity index (χ2n) is 5.07. The molecule has 1 unspecified atom stereocenters. The lowest BCUT2D eigenvalue weighted by Gasteiger charge is -2.13. The van der Waals surface area contributed by atoms with Crippen molar-refractivity contribution in [3.05, 3.63) is 52.6 Å². The van der Waals surface area contributed by atoms with Crippen LogP contribution in [0.1, 0.15) is 49.8 Å². The fourth-order valence-electron chi connectivity index (χ4n) is 2.13. The molecule has 0 aliphatic heterocycles. The second kappa shape index (κ2) is 7.46. The molecule has 1 heterocycles. The summed E-state index contributed by atoms with van der Waals surface area (Å²) in [6, 6.07) is 10.7. The molecule has 2 rings (SSSR count). The SMILES string of the molecule is CCCCc1nc(Cl)c(CNC(C)c2ccccc2)[nH]1. The number of rotatable bonds is 7. The van der Waals surface area contributed by atoms with Gasteiger partial charge < -0.3 is 10.3 Å². The fraction of sp³-hybridized carbons (Fsp3) is 0.438. The number of imidazole rings is 1. The van der Waals surface area contributed by atoms with Gasteiger partial charge >= 0.3 is 0 Å². The first kappa shape index (κ1) is 15.1. The highest BCUT2D eigenvalue weighted by Gasteiger charge is 2.10. The smallest absolute Gasteiger partial charge is 0.151 e. The maximum absolute atomic E-state index is 6.17. The second-order valence-corrected chi connectivity index (χ2v) is 5.43. The summed E-state index contributed by atoms with van der Waals surface area (Å²) in [5, 5.41) is 4.06. The predicted molar refractivity (Wildman–Crippen MR) is 83.9 cm³/mol. The van der Waals surface area contributed by atoms with Gasteiger partial charge in [0.2, 0.25) is 0 Å². The quantitative estimate of drug-likeness (QED) is 0.800. The van der Waals surface area contributed by atoms with E-state index in [9.17, 15) is 0 Å². The maximum atomic E-state index is 6.17. The molecule has 1 aromatic carbocycles. The van der Waals surface area contributed by atoms with Crippen LogP contribution in [-0.4, -0.2) is 9.97 Å². The lowest BCUT2D eigenvalue weighted by Crippen LogP contribution is -2.18. The van der Waals surface area contributed by atoms with Crippen LogP contribution in [0.15, 0.2) is 30.3 Å². The molecule has 1 atom stereocenters. The monoisotopic (exact) mass is 291 g/mol. The van der Waals surface area contributed by atoms with Crippen LogP contribution in [0.25, 0.3) is 0 Å². The van der Waals surface area contributed by atoms with Crippen molar-refractivity contribution in [2.24, 2.45) is 0 Å². The van der Waals surface area contributed by atoms with Gasteiger partial charge in [0.1, 0.15) is 5.82 Å². The Morgan fingerprint density at radius 3 is 2.75 bits per heavy atom. The van der Waals surface area contributed by atoms with Crippen molar-refractivity contribution >= 4 is 11.6 Å². The zero-order valence-corrected chi connectivity index (χ0v) is 12.9. The minimum absolute atomic E-state index is 0.287. The van der Waals surface area contributed by atoms with Crippen LogP contribution in [0.4, 0.5) is 0 Å². The highest BCUT2D eigenvalue weighted by Crippen LogP contribution is 2.16. The summed E-state index contributed by atoms with van der Waals surface area (Å²) in [5.41, 5.74) is 2.25. The summed E-state index contributed by atoms with van der Waals surface area (Å²) in [6.45, 7) is 5.03. The third kappa shape index (κ3) is 4.09. The van der Waals surface area contributed by atoms with Gasteiger partial charge in [-0.05, 0) is 18.9 Å². The molecule has 0 saturated carbocycles. The molecular weight excluding hydrogens is 270 g/mol. The van der Waals surface area contributed by atoms with Gasteiger partial charge in [-0.3, -0.25) is 0 Å². The van der Waals surface area contributed by atoms with Gasteiger partial charge in [-0.25, -0.2) is 4.98 Å². The Balaban J connectivity index is 1.92. The number of unbranched alkanes of at least 4 members (excludes halogenated alkanes) is 1. The zero-order valence-electron chi connectivity index (χ0n) is 12.1. The highest BCUT2D eigenvalue weighted by atomic mass is 35.5. The molecule has 0 aliphatic carbocycles. The van der Waals surface area contributed by atoms with Crippen molar-refractivity contribution in [2.75, 3.05) is 0 Å². The van der Waals surface area contributed by atoms with Crippen molar-refractivity contribution in [1.29, 1.82) is 0 Å². The number of hydrogen-bond donors (Lipinski definition) is 2. The topological polar surface area (TPSA) is 40.7 Å². The van der Waals surface area contributed by atoms with Crippen molar-refractivity contribution in [3.8, 4) is 0 Å². The van der Waals surface area contributed by atoms with Crippen molar-refractivity contribution in [2.45, 2.75) is 45.7 Å². The third-order valence-electron chi connectivity index (χ3n) is 3.43. The first-order chi connectivity index (χ1) is 9.70. The Morgan fingerprint density at radius 2 is 2.05 bits per heavy atom. The van der Waals surface area contributed by atoms with Crippen molar-refractivity contribution in [3.63, 3.8) is 0 Å². The fourth-order valence-corrected chi connectivity index (χ4v) is 2.35. The molecule has 0 saturated heterocycles. The van der Waals surface area contributed by atoms with E-state index in [1.54, 1.807) is 0 Å². The molecule has 0 spiro atoms. The molecule has 0 aliphatic rings. The van der Waals surface area contributed by atoms with Crippen LogP contribution in [0.2, 0.25) is 5.15 Å². The summed E-state index contributed by atoms with van der Waals surface area (Å²) in [4.78, 5) is 7.69. The average molecular weight is 292 g/mol. The summed E-state index contributed by atoms with van der Waals surface area (Å²) in [5.74, 6) is 0.987. The molecule has 4 heteroatoms. The maximum Gasteiger partial charge on any atom is 0.151 e. The predicted octanol–water partition coefficient (Wildman–Crippen LogP) is 4.26. The summed E-state index contributed by atoms with van der Waals surface area (Å²) in [6.07, 6.45) is 3.26. The highest BCUT2D eigenvalue weighted by molar-refractivity contribution is 6.30. The van der Waals surface area contributed by atoms with Gasteiger partial charge in [-0.2, -0.15) is 0 Å². The molecule has 2 N–H and O–H groups in total. The Bertz CT molecular complexity index is 522. The van der Waals surface area contributed by atoms with E-state index in [1.807, 2.05) is 6.07 Å². The Morgan fingerprint density at radius 1 is 1.30 bits per heavy atom. The van der Waals surface area contributed by atoms with Gasteiger partial charge in [0.05, 0.1) is 5.69 Å². The normalized spacial score (nSPS) is 12.6. The number of aromatic amines is 1. The van der Waals surface area contributed by atoms with E-state index in [0.717, 1.165) is 30.8 Å². The van der Waals surface area contributed by atoms with Crippen LogP contribution in [0.5, 0.6) is 0 Å². The summed E-state index contributed by atoms with van der Waals surface area (Å²) in [7, 11) is 0. The van der Waals surface area contributed by atoms with E-state index < -0.39 is 0 Å². The molecule has 20 heavy (non-hydrogen) atoms. The lowest BCUT2D eigenvalue weighted by atomic mass is 10.1.